The zero-order chi connectivity index (χ0) is 15.2. The van der Waals surface area contributed by atoms with Gasteiger partial charge in [0.1, 0.15) is 5.75 Å². The van der Waals surface area contributed by atoms with E-state index in [9.17, 15) is 4.79 Å². The van der Waals surface area contributed by atoms with Gasteiger partial charge in [-0.15, -0.1) is 0 Å². The van der Waals surface area contributed by atoms with E-state index >= 15 is 0 Å². The van der Waals surface area contributed by atoms with Crippen molar-refractivity contribution in [1.82, 2.24) is 0 Å². The fourth-order valence-electron chi connectivity index (χ4n) is 3.11. The molecule has 116 valence electrons. The molecule has 4 nitrogen and oxygen atoms in total. The highest BCUT2D eigenvalue weighted by Gasteiger charge is 2.29. The van der Waals surface area contributed by atoms with E-state index in [0.29, 0.717) is 18.9 Å². The van der Waals surface area contributed by atoms with Crippen molar-refractivity contribution in [3.63, 3.8) is 0 Å². The minimum Gasteiger partial charge on any atom is -0.497 e. The third kappa shape index (κ3) is 3.97. The minimum atomic E-state index is -0.0987. The average molecular weight is 291 g/mol. The Bertz CT molecular complexity index is 487. The number of unbranched alkanes of at least 4 members (excludes halogenated alkanes) is 1. The second-order valence-electron chi connectivity index (χ2n) is 5.59. The molecule has 4 heteroatoms. The SMILES string of the molecule is CCOC(=O)CCCCC1c2ccc(OC)cc2CC1N. The van der Waals surface area contributed by atoms with Gasteiger partial charge in [0.05, 0.1) is 13.7 Å². The number of hydrogen-bond acceptors (Lipinski definition) is 4. The van der Waals surface area contributed by atoms with Gasteiger partial charge in [0.15, 0.2) is 0 Å². The first kappa shape index (κ1) is 15.8. The lowest BCUT2D eigenvalue weighted by Gasteiger charge is -2.16. The van der Waals surface area contributed by atoms with E-state index in [1.807, 2.05) is 13.0 Å². The second kappa shape index (κ2) is 7.46. The second-order valence-corrected chi connectivity index (χ2v) is 5.59. The smallest absolute Gasteiger partial charge is 0.305 e. The molecule has 21 heavy (non-hydrogen) atoms. The first-order valence-corrected chi connectivity index (χ1v) is 7.73. The van der Waals surface area contributed by atoms with Crippen LogP contribution in [0.2, 0.25) is 0 Å². The van der Waals surface area contributed by atoms with Crippen LogP contribution in [0.5, 0.6) is 5.75 Å². The molecule has 0 saturated heterocycles. The maximum Gasteiger partial charge on any atom is 0.305 e. The van der Waals surface area contributed by atoms with Crippen LogP contribution in [0.25, 0.3) is 0 Å². The van der Waals surface area contributed by atoms with E-state index in [1.54, 1.807) is 7.11 Å². The van der Waals surface area contributed by atoms with Gasteiger partial charge in [-0.1, -0.05) is 12.5 Å². The highest BCUT2D eigenvalue weighted by Crippen LogP contribution is 2.37. The van der Waals surface area contributed by atoms with Gasteiger partial charge in [-0.3, -0.25) is 4.79 Å². The van der Waals surface area contributed by atoms with Crippen LogP contribution < -0.4 is 10.5 Å². The molecule has 0 bridgehead atoms. The van der Waals surface area contributed by atoms with Gasteiger partial charge < -0.3 is 15.2 Å². The predicted molar refractivity (Wildman–Crippen MR) is 82.5 cm³/mol. The largest absolute Gasteiger partial charge is 0.497 e. The van der Waals surface area contributed by atoms with Gasteiger partial charge >= 0.3 is 5.97 Å². The number of ether oxygens (including phenoxy) is 2. The molecule has 0 heterocycles. The van der Waals surface area contributed by atoms with E-state index < -0.39 is 0 Å². The van der Waals surface area contributed by atoms with Crippen LogP contribution in [0.4, 0.5) is 0 Å². The normalized spacial score (nSPS) is 20.1. The molecule has 0 aliphatic heterocycles. The number of carbonyl (C=O) groups is 1. The summed E-state index contributed by atoms with van der Waals surface area (Å²) >= 11 is 0. The molecule has 1 aromatic rings. The summed E-state index contributed by atoms with van der Waals surface area (Å²) in [7, 11) is 1.68. The van der Waals surface area contributed by atoms with E-state index in [0.717, 1.165) is 31.4 Å². The predicted octanol–water partition coefficient (Wildman–Crippen LogP) is 2.79. The van der Waals surface area contributed by atoms with Gasteiger partial charge in [0.2, 0.25) is 0 Å². The molecule has 0 fully saturated rings. The minimum absolute atomic E-state index is 0.0987. The Labute approximate surface area is 126 Å². The highest BCUT2D eigenvalue weighted by molar-refractivity contribution is 5.69. The Balaban J connectivity index is 1.86. The molecule has 0 saturated carbocycles. The summed E-state index contributed by atoms with van der Waals surface area (Å²) in [6.45, 7) is 2.29. The Kier molecular flexibility index (Phi) is 5.62. The van der Waals surface area contributed by atoms with Crippen molar-refractivity contribution in [2.75, 3.05) is 13.7 Å². The van der Waals surface area contributed by atoms with Crippen molar-refractivity contribution in [3.8, 4) is 5.75 Å². The third-order valence-electron chi connectivity index (χ3n) is 4.17. The molecule has 0 amide bonds. The Hall–Kier alpha value is -1.55. The lowest BCUT2D eigenvalue weighted by molar-refractivity contribution is -0.143. The Morgan fingerprint density at radius 1 is 1.38 bits per heavy atom. The standard InChI is InChI=1S/C17H25NO3/c1-3-21-17(19)7-5-4-6-15-14-9-8-13(20-2)10-12(14)11-16(15)18/h8-10,15-16H,3-7,11,18H2,1-2H3. The molecule has 2 unspecified atom stereocenters. The van der Waals surface area contributed by atoms with Crippen LogP contribution in [-0.4, -0.2) is 25.7 Å². The van der Waals surface area contributed by atoms with Crippen LogP contribution in [0, 0.1) is 0 Å². The average Bonchev–Trinajstić information content (AvgIpc) is 2.78. The molecule has 2 rings (SSSR count). The number of benzene rings is 1. The van der Waals surface area contributed by atoms with Crippen LogP contribution in [0.1, 0.15) is 49.7 Å². The Morgan fingerprint density at radius 2 is 2.19 bits per heavy atom. The fourth-order valence-corrected chi connectivity index (χ4v) is 3.11. The molecule has 0 aromatic heterocycles. The fraction of sp³-hybridized carbons (Fsp3) is 0.588. The number of hydrogen-bond donors (Lipinski definition) is 1. The number of esters is 1. The number of nitrogens with two attached hydrogens (primary N) is 1. The summed E-state index contributed by atoms with van der Waals surface area (Å²) in [6.07, 6.45) is 4.32. The lowest BCUT2D eigenvalue weighted by atomic mass is 9.92. The first-order valence-electron chi connectivity index (χ1n) is 7.73. The van der Waals surface area contributed by atoms with Crippen LogP contribution >= 0.6 is 0 Å². The summed E-state index contributed by atoms with van der Waals surface area (Å²) in [5.74, 6) is 1.19. The molecule has 1 aliphatic carbocycles. The number of methoxy groups -OCH3 is 1. The molecule has 2 atom stereocenters. The van der Waals surface area contributed by atoms with Crippen LogP contribution in [0.3, 0.4) is 0 Å². The molecule has 0 radical (unpaired) electrons. The van der Waals surface area contributed by atoms with Crippen molar-refractivity contribution in [2.45, 2.75) is 51.0 Å². The maximum atomic E-state index is 11.3. The van der Waals surface area contributed by atoms with Crippen molar-refractivity contribution < 1.29 is 14.3 Å². The van der Waals surface area contributed by atoms with Crippen molar-refractivity contribution in [2.24, 2.45) is 5.73 Å². The molecule has 1 aliphatic rings. The topological polar surface area (TPSA) is 61.5 Å². The molecular weight excluding hydrogens is 266 g/mol. The van der Waals surface area contributed by atoms with E-state index in [4.69, 9.17) is 15.2 Å². The van der Waals surface area contributed by atoms with Gasteiger partial charge in [-0.2, -0.15) is 0 Å². The zero-order valence-electron chi connectivity index (χ0n) is 12.9. The van der Waals surface area contributed by atoms with E-state index in [-0.39, 0.29) is 12.0 Å². The monoisotopic (exact) mass is 291 g/mol. The van der Waals surface area contributed by atoms with Gasteiger partial charge in [-0.05, 0) is 55.4 Å². The van der Waals surface area contributed by atoms with Crippen LogP contribution in [-0.2, 0) is 16.0 Å². The van der Waals surface area contributed by atoms with Crippen LogP contribution in [0.15, 0.2) is 18.2 Å². The van der Waals surface area contributed by atoms with Crippen molar-refractivity contribution >= 4 is 5.97 Å². The van der Waals surface area contributed by atoms with Gasteiger partial charge in [-0.25, -0.2) is 0 Å². The maximum absolute atomic E-state index is 11.3. The molecule has 0 spiro atoms. The summed E-state index contributed by atoms with van der Waals surface area (Å²) < 4.78 is 10.2. The van der Waals surface area contributed by atoms with E-state index in [1.165, 1.54) is 11.1 Å². The molecular formula is C17H25NO3. The number of fused-ring (bicyclic) bond motifs is 1. The van der Waals surface area contributed by atoms with Gasteiger partial charge in [0, 0.05) is 12.5 Å². The Morgan fingerprint density at radius 3 is 2.90 bits per heavy atom. The van der Waals surface area contributed by atoms with Crippen molar-refractivity contribution in [3.05, 3.63) is 29.3 Å². The first-order chi connectivity index (χ1) is 10.2. The lowest BCUT2D eigenvalue weighted by Crippen LogP contribution is -2.24. The highest BCUT2D eigenvalue weighted by atomic mass is 16.5. The van der Waals surface area contributed by atoms with Gasteiger partial charge in [0.25, 0.3) is 0 Å². The number of carbonyl (C=O) groups excluding carboxylic acids is 1. The summed E-state index contributed by atoms with van der Waals surface area (Å²) in [5.41, 5.74) is 8.93. The van der Waals surface area contributed by atoms with E-state index in [2.05, 4.69) is 12.1 Å². The van der Waals surface area contributed by atoms with Crippen molar-refractivity contribution in [1.29, 1.82) is 0 Å². The summed E-state index contributed by atoms with van der Waals surface area (Å²) in [4.78, 5) is 11.3. The quantitative estimate of drug-likeness (QED) is 0.620. The zero-order valence-corrected chi connectivity index (χ0v) is 12.9. The molecule has 1 aromatic carbocycles. The summed E-state index contributed by atoms with van der Waals surface area (Å²) in [5, 5.41) is 0. The summed E-state index contributed by atoms with van der Waals surface area (Å²) in [6, 6.07) is 6.41. The molecule has 2 N–H and O–H groups in total. The third-order valence-corrected chi connectivity index (χ3v) is 4.17. The number of rotatable bonds is 7.